The molecule has 2 rings (SSSR count). The number of hydrogen-bond donors (Lipinski definition) is 0. The summed E-state index contributed by atoms with van der Waals surface area (Å²) in [4.78, 5) is 21.2. The zero-order valence-electron chi connectivity index (χ0n) is 9.59. The minimum Gasteiger partial charge on any atom is -0.352 e. The van der Waals surface area contributed by atoms with Gasteiger partial charge in [0, 0.05) is 12.6 Å². The molecule has 0 saturated carbocycles. The summed E-state index contributed by atoms with van der Waals surface area (Å²) in [5.74, 6) is 0.900. The van der Waals surface area contributed by atoms with Crippen LogP contribution in [0.3, 0.4) is 0 Å². The smallest absolute Gasteiger partial charge is 0.170 e. The largest absolute Gasteiger partial charge is 0.352 e. The van der Waals surface area contributed by atoms with Crippen molar-refractivity contribution in [3.63, 3.8) is 0 Å². The molecule has 0 radical (unpaired) electrons. The lowest BCUT2D eigenvalue weighted by atomic mass is 10.0. The molecule has 1 aliphatic heterocycles. The Bertz CT molecular complexity index is 350. The van der Waals surface area contributed by atoms with Crippen LogP contribution in [0.25, 0.3) is 0 Å². The number of piperidine rings is 1. The third kappa shape index (κ3) is 2.21. The lowest BCUT2D eigenvalue weighted by molar-refractivity contribution is 0.111. The van der Waals surface area contributed by atoms with Crippen LogP contribution in [0.1, 0.15) is 43.1 Å². The summed E-state index contributed by atoms with van der Waals surface area (Å²) in [5, 5.41) is 0. The molecule has 4 nitrogen and oxygen atoms in total. The van der Waals surface area contributed by atoms with E-state index in [2.05, 4.69) is 21.8 Å². The monoisotopic (exact) mass is 219 g/mol. The highest BCUT2D eigenvalue weighted by atomic mass is 16.1. The minimum atomic E-state index is 0.397. The van der Waals surface area contributed by atoms with Gasteiger partial charge >= 0.3 is 0 Å². The van der Waals surface area contributed by atoms with E-state index in [4.69, 9.17) is 0 Å². The second kappa shape index (κ2) is 5.05. The van der Waals surface area contributed by atoms with Crippen molar-refractivity contribution >= 4 is 12.1 Å². The van der Waals surface area contributed by atoms with Crippen LogP contribution in [0, 0.1) is 0 Å². The minimum absolute atomic E-state index is 0.397. The molecule has 0 bridgehead atoms. The van der Waals surface area contributed by atoms with E-state index < -0.39 is 0 Å². The molecule has 1 fully saturated rings. The van der Waals surface area contributed by atoms with Crippen molar-refractivity contribution in [1.29, 1.82) is 0 Å². The van der Waals surface area contributed by atoms with Crippen molar-refractivity contribution < 1.29 is 4.79 Å². The molecule has 1 saturated heterocycles. The molecule has 0 aliphatic carbocycles. The maximum atomic E-state index is 10.5. The van der Waals surface area contributed by atoms with E-state index in [1.165, 1.54) is 19.3 Å². The number of anilines is 1. The first-order valence-corrected chi connectivity index (χ1v) is 5.89. The van der Waals surface area contributed by atoms with E-state index in [1.807, 2.05) is 0 Å². The van der Waals surface area contributed by atoms with Crippen LogP contribution in [0.2, 0.25) is 0 Å². The van der Waals surface area contributed by atoms with E-state index in [9.17, 15) is 4.79 Å². The molecule has 1 unspecified atom stereocenters. The summed E-state index contributed by atoms with van der Waals surface area (Å²) in [7, 11) is 0. The molecule has 1 aromatic heterocycles. The van der Waals surface area contributed by atoms with Gasteiger partial charge in [0.2, 0.25) is 0 Å². The highest BCUT2D eigenvalue weighted by Crippen LogP contribution is 2.24. The Kier molecular flexibility index (Phi) is 3.49. The molecule has 0 aromatic carbocycles. The van der Waals surface area contributed by atoms with Gasteiger partial charge in [0.05, 0.1) is 12.4 Å². The molecular weight excluding hydrogens is 202 g/mol. The Labute approximate surface area is 95.7 Å². The molecule has 1 atom stereocenters. The van der Waals surface area contributed by atoms with Crippen molar-refractivity contribution in [3.05, 3.63) is 18.1 Å². The highest BCUT2D eigenvalue weighted by Gasteiger charge is 2.21. The maximum absolute atomic E-state index is 10.5. The number of aromatic nitrogens is 2. The van der Waals surface area contributed by atoms with Crippen LogP contribution in [0.4, 0.5) is 5.82 Å². The van der Waals surface area contributed by atoms with Gasteiger partial charge < -0.3 is 4.90 Å². The van der Waals surface area contributed by atoms with Gasteiger partial charge in [-0.25, -0.2) is 9.97 Å². The van der Waals surface area contributed by atoms with Crippen LogP contribution in [0.15, 0.2) is 12.4 Å². The molecule has 16 heavy (non-hydrogen) atoms. The molecule has 0 amide bonds. The second-order valence-electron chi connectivity index (χ2n) is 4.17. The van der Waals surface area contributed by atoms with E-state index >= 15 is 0 Å². The quantitative estimate of drug-likeness (QED) is 0.730. The standard InChI is InChI=1S/C12H17N3O/c1-2-11-5-3-4-6-15(11)12-8-13-10(9-16)7-14-12/h7-9,11H,2-6H2,1H3. The Morgan fingerprint density at radius 3 is 2.94 bits per heavy atom. The van der Waals surface area contributed by atoms with Gasteiger partial charge in [-0.2, -0.15) is 0 Å². The van der Waals surface area contributed by atoms with Crippen LogP contribution in [0.5, 0.6) is 0 Å². The third-order valence-corrected chi connectivity index (χ3v) is 3.17. The topological polar surface area (TPSA) is 46.1 Å². The predicted octanol–water partition coefficient (Wildman–Crippen LogP) is 2.06. The van der Waals surface area contributed by atoms with Crippen molar-refractivity contribution in [3.8, 4) is 0 Å². The van der Waals surface area contributed by atoms with Gasteiger partial charge in [-0.15, -0.1) is 0 Å². The van der Waals surface area contributed by atoms with E-state index in [0.29, 0.717) is 11.7 Å². The number of aldehydes is 1. The average Bonchev–Trinajstić information content (AvgIpc) is 2.39. The van der Waals surface area contributed by atoms with Crippen molar-refractivity contribution in [1.82, 2.24) is 9.97 Å². The average molecular weight is 219 g/mol. The second-order valence-corrected chi connectivity index (χ2v) is 4.17. The molecule has 0 spiro atoms. The van der Waals surface area contributed by atoms with Gasteiger partial charge in [0.1, 0.15) is 11.5 Å². The summed E-state index contributed by atoms with van der Waals surface area (Å²) >= 11 is 0. The number of nitrogens with zero attached hydrogens (tertiary/aromatic N) is 3. The Morgan fingerprint density at radius 2 is 2.31 bits per heavy atom. The molecule has 1 aliphatic rings. The van der Waals surface area contributed by atoms with Gasteiger partial charge in [0.15, 0.2) is 6.29 Å². The third-order valence-electron chi connectivity index (χ3n) is 3.17. The number of hydrogen-bond acceptors (Lipinski definition) is 4. The highest BCUT2D eigenvalue weighted by molar-refractivity contribution is 5.71. The van der Waals surface area contributed by atoms with Crippen molar-refractivity contribution in [2.75, 3.05) is 11.4 Å². The van der Waals surface area contributed by atoms with Crippen molar-refractivity contribution in [2.45, 2.75) is 38.6 Å². The Hall–Kier alpha value is -1.45. The molecule has 4 heteroatoms. The normalized spacial score (nSPS) is 20.8. The van der Waals surface area contributed by atoms with Crippen molar-refractivity contribution in [2.24, 2.45) is 0 Å². The first kappa shape index (κ1) is 11.0. The number of rotatable bonds is 3. The van der Waals surface area contributed by atoms with Crippen LogP contribution in [-0.4, -0.2) is 28.8 Å². The summed E-state index contributed by atoms with van der Waals surface area (Å²) in [5.41, 5.74) is 0.397. The summed E-state index contributed by atoms with van der Waals surface area (Å²) in [6.45, 7) is 3.25. The lowest BCUT2D eigenvalue weighted by Crippen LogP contribution is -2.39. The van der Waals surface area contributed by atoms with E-state index in [-0.39, 0.29) is 0 Å². The van der Waals surface area contributed by atoms with Gasteiger partial charge in [-0.05, 0) is 25.7 Å². The van der Waals surface area contributed by atoms with Gasteiger partial charge in [-0.3, -0.25) is 4.79 Å². The molecule has 1 aromatic rings. The first-order chi connectivity index (χ1) is 7.85. The SMILES string of the molecule is CCC1CCCCN1c1cnc(C=O)cn1. The molecule has 86 valence electrons. The van der Waals surface area contributed by atoms with Crippen LogP contribution in [-0.2, 0) is 0 Å². The predicted molar refractivity (Wildman–Crippen MR) is 62.7 cm³/mol. The summed E-state index contributed by atoms with van der Waals surface area (Å²) in [6.07, 6.45) is 8.86. The number of carbonyl (C=O) groups is 1. The lowest BCUT2D eigenvalue weighted by Gasteiger charge is -2.35. The first-order valence-electron chi connectivity index (χ1n) is 5.89. The van der Waals surface area contributed by atoms with Gasteiger partial charge in [0.25, 0.3) is 0 Å². The molecule has 2 heterocycles. The summed E-state index contributed by atoms with van der Waals surface area (Å²) < 4.78 is 0. The molecule has 0 N–H and O–H groups in total. The maximum Gasteiger partial charge on any atom is 0.170 e. The molecular formula is C12H17N3O. The number of carbonyl (C=O) groups excluding carboxylic acids is 1. The zero-order chi connectivity index (χ0) is 11.4. The van der Waals surface area contributed by atoms with Crippen LogP contribution >= 0.6 is 0 Å². The fourth-order valence-electron chi connectivity index (χ4n) is 2.27. The summed E-state index contributed by atoms with van der Waals surface area (Å²) in [6, 6.07) is 0.574. The Balaban J connectivity index is 2.17. The van der Waals surface area contributed by atoms with E-state index in [0.717, 1.165) is 25.1 Å². The van der Waals surface area contributed by atoms with E-state index in [1.54, 1.807) is 12.4 Å². The zero-order valence-corrected chi connectivity index (χ0v) is 9.59. The fourth-order valence-corrected chi connectivity index (χ4v) is 2.27. The Morgan fingerprint density at radius 1 is 1.44 bits per heavy atom. The fraction of sp³-hybridized carbons (Fsp3) is 0.583. The van der Waals surface area contributed by atoms with Crippen LogP contribution < -0.4 is 4.90 Å². The van der Waals surface area contributed by atoms with Gasteiger partial charge in [-0.1, -0.05) is 6.92 Å².